The minimum Gasteiger partial charge on any atom is -0.390 e. The van der Waals surface area contributed by atoms with Crippen LogP contribution in [0.3, 0.4) is 0 Å². The van der Waals surface area contributed by atoms with E-state index in [4.69, 9.17) is 0 Å². The number of carbonyl (C=O) groups is 1. The molecule has 0 radical (unpaired) electrons. The van der Waals surface area contributed by atoms with Gasteiger partial charge in [0.1, 0.15) is 0 Å². The molecule has 1 aliphatic rings. The average molecular weight is 243 g/mol. The quantitative estimate of drug-likeness (QED) is 0.480. The summed E-state index contributed by atoms with van der Waals surface area (Å²) < 4.78 is 0. The van der Waals surface area contributed by atoms with E-state index >= 15 is 0 Å². The summed E-state index contributed by atoms with van der Waals surface area (Å²) in [6, 6.07) is 0.456. The lowest BCUT2D eigenvalue weighted by Gasteiger charge is -2.16. The van der Waals surface area contributed by atoms with Crippen LogP contribution in [-0.4, -0.2) is 61.8 Å². The largest absolute Gasteiger partial charge is 0.390 e. The number of hydrogen-bond donors (Lipinski definition) is 3. The van der Waals surface area contributed by atoms with Gasteiger partial charge in [-0.05, 0) is 39.9 Å². The number of carbonyl (C=O) groups excluding carboxylic acids is 1. The number of aliphatic hydroxyl groups excluding tert-OH is 1. The maximum Gasteiger partial charge on any atom is 0.220 e. The van der Waals surface area contributed by atoms with Gasteiger partial charge in [0.05, 0.1) is 6.10 Å². The molecular formula is C12H25N3O2. The Morgan fingerprint density at radius 1 is 1.47 bits per heavy atom. The standard InChI is InChI=1S/C12H25N3O2/c1-15(2)9-11(16)8-13-7-3-4-12(17)14-10-5-6-10/h10-11,13,16H,3-9H2,1-2H3,(H,14,17). The van der Waals surface area contributed by atoms with E-state index in [9.17, 15) is 9.90 Å². The first kappa shape index (κ1) is 14.4. The fourth-order valence-electron chi connectivity index (χ4n) is 1.66. The highest BCUT2D eigenvalue weighted by molar-refractivity contribution is 5.76. The second-order valence-electron chi connectivity index (χ2n) is 5.07. The number of amides is 1. The third-order valence-electron chi connectivity index (χ3n) is 2.66. The van der Waals surface area contributed by atoms with Crippen molar-refractivity contribution in [1.82, 2.24) is 15.5 Å². The summed E-state index contributed by atoms with van der Waals surface area (Å²) in [4.78, 5) is 13.3. The molecule has 1 saturated carbocycles. The molecule has 0 aromatic rings. The second kappa shape index (κ2) is 7.63. The van der Waals surface area contributed by atoms with Crippen molar-refractivity contribution in [2.45, 2.75) is 37.8 Å². The minimum atomic E-state index is -0.342. The summed E-state index contributed by atoms with van der Waals surface area (Å²) in [5, 5.41) is 15.7. The Kier molecular flexibility index (Phi) is 6.47. The van der Waals surface area contributed by atoms with Gasteiger partial charge in [0.15, 0.2) is 0 Å². The normalized spacial score (nSPS) is 17.2. The van der Waals surface area contributed by atoms with Gasteiger partial charge in [-0.1, -0.05) is 0 Å². The van der Waals surface area contributed by atoms with Crippen molar-refractivity contribution < 1.29 is 9.90 Å². The third-order valence-corrected chi connectivity index (χ3v) is 2.66. The van der Waals surface area contributed by atoms with Gasteiger partial charge in [-0.3, -0.25) is 4.79 Å². The SMILES string of the molecule is CN(C)CC(O)CNCCCC(=O)NC1CC1. The van der Waals surface area contributed by atoms with Crippen molar-refractivity contribution in [3.05, 3.63) is 0 Å². The minimum absolute atomic E-state index is 0.156. The Labute approximate surface area is 104 Å². The van der Waals surface area contributed by atoms with E-state index in [1.54, 1.807) is 0 Å². The van der Waals surface area contributed by atoms with Gasteiger partial charge in [0.2, 0.25) is 5.91 Å². The molecule has 1 aliphatic carbocycles. The molecule has 1 unspecified atom stereocenters. The molecule has 1 rings (SSSR count). The van der Waals surface area contributed by atoms with Crippen LogP contribution >= 0.6 is 0 Å². The van der Waals surface area contributed by atoms with Crippen LogP contribution in [-0.2, 0) is 4.79 Å². The topological polar surface area (TPSA) is 64.6 Å². The summed E-state index contributed by atoms with van der Waals surface area (Å²) in [5.41, 5.74) is 0. The number of likely N-dealkylation sites (N-methyl/N-ethyl adjacent to an activating group) is 1. The van der Waals surface area contributed by atoms with E-state index in [0.717, 1.165) is 25.8 Å². The number of aliphatic hydroxyl groups is 1. The molecule has 0 heterocycles. The van der Waals surface area contributed by atoms with Gasteiger partial charge >= 0.3 is 0 Å². The van der Waals surface area contributed by atoms with Crippen LogP contribution in [0.15, 0.2) is 0 Å². The number of hydrogen-bond acceptors (Lipinski definition) is 4. The highest BCUT2D eigenvalue weighted by Crippen LogP contribution is 2.18. The first-order chi connectivity index (χ1) is 8.08. The molecule has 0 saturated heterocycles. The van der Waals surface area contributed by atoms with Crippen LogP contribution in [0.1, 0.15) is 25.7 Å². The van der Waals surface area contributed by atoms with Crippen LogP contribution in [0.5, 0.6) is 0 Å². The summed E-state index contributed by atoms with van der Waals surface area (Å²) in [6.45, 7) is 2.03. The van der Waals surface area contributed by atoms with Crippen molar-refractivity contribution in [2.75, 3.05) is 33.7 Å². The monoisotopic (exact) mass is 243 g/mol. The molecule has 1 fully saturated rings. The Morgan fingerprint density at radius 3 is 2.76 bits per heavy atom. The highest BCUT2D eigenvalue weighted by Gasteiger charge is 2.22. The second-order valence-corrected chi connectivity index (χ2v) is 5.07. The van der Waals surface area contributed by atoms with Crippen molar-refractivity contribution in [2.24, 2.45) is 0 Å². The predicted molar refractivity (Wildman–Crippen MR) is 67.8 cm³/mol. The predicted octanol–water partition coefficient (Wildman–Crippen LogP) is -0.443. The fourth-order valence-corrected chi connectivity index (χ4v) is 1.66. The van der Waals surface area contributed by atoms with Gasteiger partial charge in [0, 0.05) is 25.6 Å². The smallest absolute Gasteiger partial charge is 0.220 e. The summed E-state index contributed by atoms with van der Waals surface area (Å²) in [6.07, 6.45) is 3.34. The van der Waals surface area contributed by atoms with E-state index in [0.29, 0.717) is 25.6 Å². The van der Waals surface area contributed by atoms with Crippen molar-refractivity contribution >= 4 is 5.91 Å². The lowest BCUT2D eigenvalue weighted by molar-refractivity contribution is -0.121. The number of nitrogens with zero attached hydrogens (tertiary/aromatic N) is 1. The van der Waals surface area contributed by atoms with Crippen molar-refractivity contribution in [3.8, 4) is 0 Å². The van der Waals surface area contributed by atoms with E-state index < -0.39 is 0 Å². The van der Waals surface area contributed by atoms with E-state index in [-0.39, 0.29) is 12.0 Å². The van der Waals surface area contributed by atoms with Gasteiger partial charge in [0.25, 0.3) is 0 Å². The average Bonchev–Trinajstić information content (AvgIpc) is 2.99. The zero-order chi connectivity index (χ0) is 12.7. The van der Waals surface area contributed by atoms with Gasteiger partial charge in [-0.15, -0.1) is 0 Å². The molecule has 0 aromatic heterocycles. The van der Waals surface area contributed by atoms with Crippen LogP contribution < -0.4 is 10.6 Å². The van der Waals surface area contributed by atoms with E-state index in [1.807, 2.05) is 19.0 Å². The molecule has 1 amide bonds. The van der Waals surface area contributed by atoms with Crippen LogP contribution in [0.2, 0.25) is 0 Å². The van der Waals surface area contributed by atoms with Crippen LogP contribution in [0.4, 0.5) is 0 Å². The molecule has 5 heteroatoms. The zero-order valence-electron chi connectivity index (χ0n) is 10.9. The number of rotatable bonds is 9. The maximum atomic E-state index is 11.3. The molecule has 3 N–H and O–H groups in total. The molecule has 17 heavy (non-hydrogen) atoms. The molecule has 5 nitrogen and oxygen atoms in total. The molecule has 0 aliphatic heterocycles. The Hall–Kier alpha value is -0.650. The van der Waals surface area contributed by atoms with Crippen molar-refractivity contribution in [3.63, 3.8) is 0 Å². The maximum absolute atomic E-state index is 11.3. The summed E-state index contributed by atoms with van der Waals surface area (Å²) in [7, 11) is 3.87. The molecule has 100 valence electrons. The fraction of sp³-hybridized carbons (Fsp3) is 0.917. The molecular weight excluding hydrogens is 218 g/mol. The summed E-state index contributed by atoms with van der Waals surface area (Å²) in [5.74, 6) is 0.156. The first-order valence-corrected chi connectivity index (χ1v) is 6.41. The lowest BCUT2D eigenvalue weighted by atomic mass is 10.2. The molecule has 0 spiro atoms. The molecule has 0 bridgehead atoms. The Bertz CT molecular complexity index is 230. The first-order valence-electron chi connectivity index (χ1n) is 6.41. The molecule has 1 atom stereocenters. The highest BCUT2D eigenvalue weighted by atomic mass is 16.3. The van der Waals surface area contributed by atoms with Gasteiger partial charge in [-0.25, -0.2) is 0 Å². The van der Waals surface area contributed by atoms with E-state index in [2.05, 4.69) is 10.6 Å². The van der Waals surface area contributed by atoms with E-state index in [1.165, 1.54) is 0 Å². The zero-order valence-corrected chi connectivity index (χ0v) is 10.9. The lowest BCUT2D eigenvalue weighted by Crippen LogP contribution is -2.35. The van der Waals surface area contributed by atoms with Crippen LogP contribution in [0, 0.1) is 0 Å². The van der Waals surface area contributed by atoms with Gasteiger partial charge in [-0.2, -0.15) is 0 Å². The summed E-state index contributed by atoms with van der Waals surface area (Å²) >= 11 is 0. The Morgan fingerprint density at radius 2 is 2.18 bits per heavy atom. The number of nitrogens with one attached hydrogen (secondary N) is 2. The van der Waals surface area contributed by atoms with Crippen LogP contribution in [0.25, 0.3) is 0 Å². The molecule has 0 aromatic carbocycles. The Balaban J connectivity index is 1.87. The van der Waals surface area contributed by atoms with Gasteiger partial charge < -0.3 is 20.6 Å². The van der Waals surface area contributed by atoms with Crippen molar-refractivity contribution in [1.29, 1.82) is 0 Å². The third kappa shape index (κ3) is 8.12.